The van der Waals surface area contributed by atoms with E-state index < -0.39 is 0 Å². The summed E-state index contributed by atoms with van der Waals surface area (Å²) in [5.41, 5.74) is 2.59. The molecule has 2 heterocycles. The summed E-state index contributed by atoms with van der Waals surface area (Å²) in [7, 11) is 1.84. The number of para-hydroxylation sites is 2. The summed E-state index contributed by atoms with van der Waals surface area (Å²) in [5.74, 6) is 0.102. The van der Waals surface area contributed by atoms with Crippen molar-refractivity contribution < 1.29 is 4.79 Å². The van der Waals surface area contributed by atoms with Crippen LogP contribution in [0.15, 0.2) is 36.7 Å². The van der Waals surface area contributed by atoms with Crippen molar-refractivity contribution in [3.63, 3.8) is 0 Å². The van der Waals surface area contributed by atoms with E-state index in [1.165, 1.54) is 0 Å². The van der Waals surface area contributed by atoms with Crippen LogP contribution in [0.4, 0.5) is 0 Å². The largest absolute Gasteiger partial charge is 0.345 e. The minimum Gasteiger partial charge on any atom is -0.345 e. The van der Waals surface area contributed by atoms with Crippen molar-refractivity contribution in [2.75, 3.05) is 0 Å². The maximum atomic E-state index is 12.0. The van der Waals surface area contributed by atoms with Crippen molar-refractivity contribution >= 4 is 16.9 Å². The zero-order valence-corrected chi connectivity index (χ0v) is 10.4. The first-order chi connectivity index (χ1) is 9.22. The summed E-state index contributed by atoms with van der Waals surface area (Å²) in [6.07, 6.45) is 3.58. The monoisotopic (exact) mass is 255 g/mol. The van der Waals surface area contributed by atoms with E-state index in [0.29, 0.717) is 12.4 Å². The molecule has 0 radical (unpaired) electrons. The number of amides is 1. The Bertz CT molecular complexity index is 694. The number of benzene rings is 1. The van der Waals surface area contributed by atoms with Gasteiger partial charge in [-0.05, 0) is 12.1 Å². The third-order valence-electron chi connectivity index (χ3n) is 2.82. The second-order valence-corrected chi connectivity index (χ2v) is 4.31. The van der Waals surface area contributed by atoms with E-state index in [9.17, 15) is 4.79 Å². The molecule has 3 rings (SSSR count). The minimum absolute atomic E-state index is 0.222. The van der Waals surface area contributed by atoms with Gasteiger partial charge in [-0.25, -0.2) is 4.98 Å². The van der Waals surface area contributed by atoms with Gasteiger partial charge >= 0.3 is 0 Å². The van der Waals surface area contributed by atoms with Gasteiger partial charge in [-0.15, -0.1) is 0 Å². The van der Waals surface area contributed by atoms with E-state index in [0.717, 1.165) is 16.6 Å². The van der Waals surface area contributed by atoms with Crippen molar-refractivity contribution in [1.29, 1.82) is 0 Å². The number of carbonyl (C=O) groups excluding carboxylic acids is 1. The van der Waals surface area contributed by atoms with Crippen molar-refractivity contribution in [2.45, 2.75) is 6.54 Å². The lowest BCUT2D eigenvalue weighted by atomic mass is 10.3. The van der Waals surface area contributed by atoms with Crippen LogP contribution in [-0.4, -0.2) is 25.7 Å². The lowest BCUT2D eigenvalue weighted by Gasteiger charge is -1.99. The number of nitrogens with one attached hydrogen (secondary N) is 2. The van der Waals surface area contributed by atoms with Crippen molar-refractivity contribution in [2.24, 2.45) is 7.05 Å². The molecule has 0 aliphatic heterocycles. The molecule has 6 heteroatoms. The van der Waals surface area contributed by atoms with Gasteiger partial charge in [0.25, 0.3) is 5.91 Å². The molecule has 0 unspecified atom stereocenters. The van der Waals surface area contributed by atoms with Gasteiger partial charge in [-0.1, -0.05) is 12.1 Å². The summed E-state index contributed by atoms with van der Waals surface area (Å²) in [6.45, 7) is 0.434. The summed E-state index contributed by atoms with van der Waals surface area (Å²) in [6, 6.07) is 7.54. The summed E-state index contributed by atoms with van der Waals surface area (Å²) < 4.78 is 1.70. The molecule has 0 spiro atoms. The molecule has 0 saturated heterocycles. The highest BCUT2D eigenvalue weighted by Crippen LogP contribution is 2.10. The Balaban J connectivity index is 1.73. The summed E-state index contributed by atoms with van der Waals surface area (Å²) >= 11 is 0. The Morgan fingerprint density at radius 3 is 3.00 bits per heavy atom. The highest BCUT2D eigenvalue weighted by atomic mass is 16.2. The first kappa shape index (κ1) is 11.5. The first-order valence-corrected chi connectivity index (χ1v) is 5.93. The standard InChI is InChI=1S/C13H13N5O/c1-18-8-9(7-15-18)6-14-13(19)12-16-10-4-2-3-5-11(10)17-12/h2-5,7-8H,6H2,1H3,(H,14,19)(H,16,17). The van der Waals surface area contributed by atoms with E-state index in [2.05, 4.69) is 20.4 Å². The van der Waals surface area contributed by atoms with Crippen LogP contribution in [0.2, 0.25) is 0 Å². The van der Waals surface area contributed by atoms with E-state index in [4.69, 9.17) is 0 Å². The molecule has 0 aliphatic rings. The lowest BCUT2D eigenvalue weighted by molar-refractivity contribution is 0.0942. The van der Waals surface area contributed by atoms with E-state index in [-0.39, 0.29) is 5.91 Å². The fourth-order valence-electron chi connectivity index (χ4n) is 1.89. The number of aryl methyl sites for hydroxylation is 1. The molecule has 0 bridgehead atoms. The van der Waals surface area contributed by atoms with Crippen LogP contribution in [0.25, 0.3) is 11.0 Å². The molecule has 2 aromatic heterocycles. The Morgan fingerprint density at radius 2 is 2.26 bits per heavy atom. The van der Waals surface area contributed by atoms with Crippen LogP contribution in [0.3, 0.4) is 0 Å². The number of carbonyl (C=O) groups is 1. The van der Waals surface area contributed by atoms with Crippen LogP contribution in [0, 0.1) is 0 Å². The van der Waals surface area contributed by atoms with Crippen LogP contribution in [-0.2, 0) is 13.6 Å². The number of hydrogen-bond donors (Lipinski definition) is 2. The number of fused-ring (bicyclic) bond motifs is 1. The number of aromatic amines is 1. The minimum atomic E-state index is -0.222. The predicted octanol–water partition coefficient (Wildman–Crippen LogP) is 1.23. The van der Waals surface area contributed by atoms with Crippen LogP contribution in [0.1, 0.15) is 16.2 Å². The smallest absolute Gasteiger partial charge is 0.287 e. The summed E-state index contributed by atoms with van der Waals surface area (Å²) in [5, 5.41) is 6.85. The Hall–Kier alpha value is -2.63. The quantitative estimate of drug-likeness (QED) is 0.739. The molecule has 3 aromatic rings. The van der Waals surface area contributed by atoms with Crippen molar-refractivity contribution in [3.05, 3.63) is 48.0 Å². The van der Waals surface area contributed by atoms with Crippen molar-refractivity contribution in [1.82, 2.24) is 25.1 Å². The van der Waals surface area contributed by atoms with Gasteiger partial charge < -0.3 is 10.3 Å². The normalized spacial score (nSPS) is 10.8. The Labute approximate surface area is 109 Å². The topological polar surface area (TPSA) is 75.6 Å². The molecule has 96 valence electrons. The average Bonchev–Trinajstić information content (AvgIpc) is 3.01. The molecule has 6 nitrogen and oxygen atoms in total. The SMILES string of the molecule is Cn1cc(CNC(=O)c2nc3ccccc3[nH]2)cn1. The fourth-order valence-corrected chi connectivity index (χ4v) is 1.89. The van der Waals surface area contributed by atoms with Gasteiger partial charge in [0, 0.05) is 25.4 Å². The molecular formula is C13H13N5O. The number of rotatable bonds is 3. The van der Waals surface area contributed by atoms with Crippen LogP contribution in [0.5, 0.6) is 0 Å². The van der Waals surface area contributed by atoms with Gasteiger partial charge in [-0.2, -0.15) is 5.10 Å². The molecule has 1 aromatic carbocycles. The molecule has 0 aliphatic carbocycles. The van der Waals surface area contributed by atoms with Crippen molar-refractivity contribution in [3.8, 4) is 0 Å². The third kappa shape index (κ3) is 2.33. The molecule has 1 amide bonds. The number of aromatic nitrogens is 4. The van der Waals surface area contributed by atoms with Gasteiger partial charge in [0.1, 0.15) is 0 Å². The first-order valence-electron chi connectivity index (χ1n) is 5.93. The Kier molecular flexibility index (Phi) is 2.75. The zero-order chi connectivity index (χ0) is 13.2. The molecule has 2 N–H and O–H groups in total. The number of imidazole rings is 1. The van der Waals surface area contributed by atoms with Crippen LogP contribution >= 0.6 is 0 Å². The van der Waals surface area contributed by atoms with Gasteiger partial charge in [-0.3, -0.25) is 9.48 Å². The summed E-state index contributed by atoms with van der Waals surface area (Å²) in [4.78, 5) is 19.2. The maximum absolute atomic E-state index is 12.0. The van der Waals surface area contributed by atoms with E-state index >= 15 is 0 Å². The molecule has 19 heavy (non-hydrogen) atoms. The number of nitrogens with zero attached hydrogens (tertiary/aromatic N) is 3. The second kappa shape index (κ2) is 4.56. The molecule has 0 atom stereocenters. The highest BCUT2D eigenvalue weighted by molar-refractivity contribution is 5.94. The molecule has 0 saturated carbocycles. The predicted molar refractivity (Wildman–Crippen MR) is 70.5 cm³/mol. The van der Waals surface area contributed by atoms with Gasteiger partial charge in [0.05, 0.1) is 17.2 Å². The lowest BCUT2D eigenvalue weighted by Crippen LogP contribution is -2.23. The van der Waals surface area contributed by atoms with Gasteiger partial charge in [0.2, 0.25) is 0 Å². The highest BCUT2D eigenvalue weighted by Gasteiger charge is 2.10. The van der Waals surface area contributed by atoms with Crippen LogP contribution < -0.4 is 5.32 Å². The number of hydrogen-bond acceptors (Lipinski definition) is 3. The number of H-pyrrole nitrogens is 1. The average molecular weight is 255 g/mol. The van der Waals surface area contributed by atoms with E-state index in [1.807, 2.05) is 37.5 Å². The third-order valence-corrected chi connectivity index (χ3v) is 2.82. The zero-order valence-electron chi connectivity index (χ0n) is 10.4. The second-order valence-electron chi connectivity index (χ2n) is 4.31. The van der Waals surface area contributed by atoms with E-state index in [1.54, 1.807) is 10.9 Å². The Morgan fingerprint density at radius 1 is 1.42 bits per heavy atom. The molecule has 0 fully saturated rings. The molecular weight excluding hydrogens is 242 g/mol. The fraction of sp³-hybridized carbons (Fsp3) is 0.154. The van der Waals surface area contributed by atoms with Gasteiger partial charge in [0.15, 0.2) is 5.82 Å². The maximum Gasteiger partial charge on any atom is 0.287 e.